The molecule has 1 saturated heterocycles. The van der Waals surface area contributed by atoms with Gasteiger partial charge in [-0.2, -0.15) is 0 Å². The van der Waals surface area contributed by atoms with Crippen molar-refractivity contribution in [3.8, 4) is 0 Å². The van der Waals surface area contributed by atoms with Crippen LogP contribution in [-0.4, -0.2) is 29.3 Å². The van der Waals surface area contributed by atoms with Crippen LogP contribution in [0.3, 0.4) is 0 Å². The van der Waals surface area contributed by atoms with Crippen LogP contribution in [0, 0.1) is 12.8 Å². The average Bonchev–Trinajstić information content (AvgIpc) is 2.59. The van der Waals surface area contributed by atoms with Crippen molar-refractivity contribution in [3.05, 3.63) is 22.3 Å². The van der Waals surface area contributed by atoms with Crippen molar-refractivity contribution < 1.29 is 5.11 Å². The molecule has 0 spiro atoms. The summed E-state index contributed by atoms with van der Waals surface area (Å²) in [6, 6.07) is 2.27. The van der Waals surface area contributed by atoms with Gasteiger partial charge in [0.2, 0.25) is 0 Å². The molecule has 2 unspecified atom stereocenters. The van der Waals surface area contributed by atoms with E-state index in [-0.39, 0.29) is 12.6 Å². The summed E-state index contributed by atoms with van der Waals surface area (Å²) in [6.07, 6.45) is 2.99. The summed E-state index contributed by atoms with van der Waals surface area (Å²) in [4.78, 5) is 6.66. The zero-order valence-corrected chi connectivity index (χ0v) is 11.2. The highest BCUT2D eigenvalue weighted by molar-refractivity contribution is 9.10. The fraction of sp³-hybridized carbons (Fsp3) is 0.583. The molecule has 1 aliphatic heterocycles. The molecule has 2 atom stereocenters. The molecule has 1 aromatic heterocycles. The second-order valence-corrected chi connectivity index (χ2v) is 5.38. The lowest BCUT2D eigenvalue weighted by Crippen LogP contribution is -2.35. The molecule has 1 N–H and O–H groups in total. The first-order valence-corrected chi connectivity index (χ1v) is 6.42. The molecule has 1 fully saturated rings. The van der Waals surface area contributed by atoms with Gasteiger partial charge in [0.1, 0.15) is 5.82 Å². The van der Waals surface area contributed by atoms with E-state index in [4.69, 9.17) is 0 Å². The summed E-state index contributed by atoms with van der Waals surface area (Å²) in [7, 11) is 0. The van der Waals surface area contributed by atoms with Crippen molar-refractivity contribution in [2.45, 2.75) is 26.3 Å². The Balaban J connectivity index is 2.30. The minimum atomic E-state index is 0.198. The Morgan fingerprint density at radius 1 is 1.62 bits per heavy atom. The molecular weight excluding hydrogens is 268 g/mol. The summed E-state index contributed by atoms with van der Waals surface area (Å²) in [6.45, 7) is 5.38. The van der Waals surface area contributed by atoms with E-state index in [1.54, 1.807) is 0 Å². The van der Waals surface area contributed by atoms with E-state index in [0.717, 1.165) is 28.8 Å². The minimum Gasteiger partial charge on any atom is -0.394 e. The van der Waals surface area contributed by atoms with Crippen molar-refractivity contribution >= 4 is 21.7 Å². The maximum absolute atomic E-state index is 9.43. The van der Waals surface area contributed by atoms with Gasteiger partial charge in [0.15, 0.2) is 0 Å². The predicted octanol–water partition coefficient (Wildman–Crippen LogP) is 2.36. The van der Waals surface area contributed by atoms with Crippen molar-refractivity contribution in [2.75, 3.05) is 18.1 Å². The van der Waals surface area contributed by atoms with E-state index in [9.17, 15) is 5.11 Å². The summed E-state index contributed by atoms with van der Waals surface area (Å²) < 4.78 is 1.01. The van der Waals surface area contributed by atoms with Gasteiger partial charge in [0, 0.05) is 12.7 Å². The maximum atomic E-state index is 9.43. The lowest BCUT2D eigenvalue weighted by atomic mass is 10.0. The zero-order chi connectivity index (χ0) is 11.7. The van der Waals surface area contributed by atoms with Crippen molar-refractivity contribution in [3.63, 3.8) is 0 Å². The third-order valence-corrected chi connectivity index (χ3v) is 3.88. The van der Waals surface area contributed by atoms with Gasteiger partial charge in [-0.05, 0) is 46.8 Å². The first-order valence-electron chi connectivity index (χ1n) is 5.63. The van der Waals surface area contributed by atoms with Gasteiger partial charge in [-0.25, -0.2) is 4.98 Å². The Kier molecular flexibility index (Phi) is 3.50. The predicted molar refractivity (Wildman–Crippen MR) is 68.7 cm³/mol. The first kappa shape index (κ1) is 11.9. The maximum Gasteiger partial charge on any atom is 0.143 e. The number of rotatable bonds is 2. The third kappa shape index (κ3) is 2.09. The van der Waals surface area contributed by atoms with Gasteiger partial charge in [-0.3, -0.25) is 0 Å². The van der Waals surface area contributed by atoms with Crippen molar-refractivity contribution in [1.82, 2.24) is 4.98 Å². The second-order valence-electron chi connectivity index (χ2n) is 4.53. The van der Waals surface area contributed by atoms with Crippen LogP contribution in [-0.2, 0) is 0 Å². The molecule has 2 heterocycles. The molecule has 1 aliphatic rings. The minimum absolute atomic E-state index is 0.198. The number of aromatic nitrogens is 1. The lowest BCUT2D eigenvalue weighted by Gasteiger charge is -2.27. The number of hydrogen-bond acceptors (Lipinski definition) is 3. The molecule has 16 heavy (non-hydrogen) atoms. The molecule has 4 heteroatoms. The van der Waals surface area contributed by atoms with E-state index < -0.39 is 0 Å². The molecule has 0 radical (unpaired) electrons. The van der Waals surface area contributed by atoms with E-state index in [0.29, 0.717) is 5.92 Å². The molecule has 88 valence electrons. The van der Waals surface area contributed by atoms with Crippen LogP contribution in [0.2, 0.25) is 0 Å². The Morgan fingerprint density at radius 3 is 3.00 bits per heavy atom. The van der Waals surface area contributed by atoms with Crippen LogP contribution < -0.4 is 4.90 Å². The van der Waals surface area contributed by atoms with Gasteiger partial charge in [0.05, 0.1) is 17.1 Å². The Labute approximate surface area is 105 Å². The van der Waals surface area contributed by atoms with E-state index in [2.05, 4.69) is 38.8 Å². The number of aryl methyl sites for hydroxylation is 1. The Bertz CT molecular complexity index is 383. The molecular formula is C12H17BrN2O. The Hall–Kier alpha value is -0.610. The highest BCUT2D eigenvalue weighted by atomic mass is 79.9. The van der Waals surface area contributed by atoms with Gasteiger partial charge < -0.3 is 10.0 Å². The fourth-order valence-corrected chi connectivity index (χ4v) is 2.98. The van der Waals surface area contributed by atoms with E-state index in [1.165, 1.54) is 0 Å². The summed E-state index contributed by atoms with van der Waals surface area (Å²) >= 11 is 3.55. The van der Waals surface area contributed by atoms with E-state index in [1.807, 2.05) is 13.1 Å². The molecule has 2 rings (SSSR count). The van der Waals surface area contributed by atoms with Crippen LogP contribution >= 0.6 is 15.9 Å². The summed E-state index contributed by atoms with van der Waals surface area (Å²) in [5.74, 6) is 1.48. The number of hydrogen-bond donors (Lipinski definition) is 1. The van der Waals surface area contributed by atoms with Crippen LogP contribution in [0.15, 0.2) is 16.7 Å². The van der Waals surface area contributed by atoms with Crippen molar-refractivity contribution in [1.29, 1.82) is 0 Å². The van der Waals surface area contributed by atoms with Crippen molar-refractivity contribution in [2.24, 2.45) is 5.92 Å². The largest absolute Gasteiger partial charge is 0.394 e. The number of pyridine rings is 1. The van der Waals surface area contributed by atoms with Gasteiger partial charge in [-0.1, -0.05) is 6.92 Å². The molecule has 0 aliphatic carbocycles. The molecule has 0 saturated carbocycles. The molecule has 3 nitrogen and oxygen atoms in total. The van der Waals surface area contributed by atoms with Crippen LogP contribution in [0.5, 0.6) is 0 Å². The van der Waals surface area contributed by atoms with Crippen LogP contribution in [0.25, 0.3) is 0 Å². The molecule has 0 amide bonds. The smallest absolute Gasteiger partial charge is 0.143 e. The lowest BCUT2D eigenvalue weighted by molar-refractivity contribution is 0.244. The standard InChI is InChI=1S/C12H17BrN2O/c1-8-5-10(13)12(14-6-8)15-4-3-9(2)11(15)7-16/h5-6,9,11,16H,3-4,7H2,1-2H3. The highest BCUT2D eigenvalue weighted by Gasteiger charge is 2.32. The second kappa shape index (κ2) is 4.72. The summed E-state index contributed by atoms with van der Waals surface area (Å²) in [5.41, 5.74) is 1.14. The number of aliphatic hydroxyl groups is 1. The fourth-order valence-electron chi connectivity index (χ4n) is 2.29. The van der Waals surface area contributed by atoms with Gasteiger partial charge >= 0.3 is 0 Å². The molecule has 1 aromatic rings. The number of nitrogens with zero attached hydrogens (tertiary/aromatic N) is 2. The topological polar surface area (TPSA) is 36.4 Å². The number of anilines is 1. The average molecular weight is 285 g/mol. The van der Waals surface area contributed by atoms with Crippen LogP contribution in [0.4, 0.5) is 5.82 Å². The monoisotopic (exact) mass is 284 g/mol. The summed E-state index contributed by atoms with van der Waals surface area (Å²) in [5, 5.41) is 9.43. The van der Waals surface area contributed by atoms with Gasteiger partial charge in [0.25, 0.3) is 0 Å². The zero-order valence-electron chi connectivity index (χ0n) is 9.65. The molecule has 0 aromatic carbocycles. The Morgan fingerprint density at radius 2 is 2.38 bits per heavy atom. The third-order valence-electron chi connectivity index (χ3n) is 3.30. The normalized spacial score (nSPS) is 25.1. The quantitative estimate of drug-likeness (QED) is 0.906. The molecule has 0 bridgehead atoms. The SMILES string of the molecule is Cc1cnc(N2CCC(C)C2CO)c(Br)c1. The first-order chi connectivity index (χ1) is 7.63. The highest BCUT2D eigenvalue weighted by Crippen LogP contribution is 2.32. The van der Waals surface area contributed by atoms with Crippen LogP contribution in [0.1, 0.15) is 18.9 Å². The van der Waals surface area contributed by atoms with Gasteiger partial charge in [-0.15, -0.1) is 0 Å². The number of halogens is 1. The number of aliphatic hydroxyl groups excluding tert-OH is 1. The van der Waals surface area contributed by atoms with E-state index >= 15 is 0 Å².